The Kier molecular flexibility index (Phi) is 5.28. The van der Waals surface area contributed by atoms with E-state index in [9.17, 15) is 4.39 Å². The van der Waals surface area contributed by atoms with Crippen LogP contribution in [0, 0.1) is 12.7 Å². The van der Waals surface area contributed by atoms with Gasteiger partial charge in [0.05, 0.1) is 27.5 Å². The van der Waals surface area contributed by atoms with Crippen molar-refractivity contribution < 1.29 is 9.13 Å². The van der Waals surface area contributed by atoms with Crippen molar-refractivity contribution in [2.75, 3.05) is 0 Å². The first-order chi connectivity index (χ1) is 15.6. The highest BCUT2D eigenvalue weighted by Gasteiger charge is 2.14. The van der Waals surface area contributed by atoms with E-state index in [4.69, 9.17) is 9.72 Å². The molecule has 8 nitrogen and oxygen atoms in total. The van der Waals surface area contributed by atoms with Gasteiger partial charge in [0.15, 0.2) is 5.82 Å². The van der Waals surface area contributed by atoms with E-state index in [1.807, 2.05) is 32.0 Å². The summed E-state index contributed by atoms with van der Waals surface area (Å²) in [5.41, 5.74) is 4.68. The Hall–Kier alpha value is -3.79. The minimum atomic E-state index is -0.443. The second-order valence-electron chi connectivity index (χ2n) is 7.11. The van der Waals surface area contributed by atoms with Gasteiger partial charge in [0.1, 0.15) is 17.1 Å². The van der Waals surface area contributed by atoms with Gasteiger partial charge < -0.3 is 4.74 Å². The average molecular weight is 447 g/mol. The summed E-state index contributed by atoms with van der Waals surface area (Å²) < 4.78 is 20.0. The number of aromatic nitrogens is 7. The molecule has 0 radical (unpaired) electrons. The molecule has 0 aliphatic carbocycles. The van der Waals surface area contributed by atoms with Crippen LogP contribution >= 0.6 is 11.3 Å². The SMILES string of the molecule is CCc1cnc(OCc2nc(C)c(-c3cccc(-c4cc(F)c5nn[nH]c5c4)n3)s2)nc1. The molecule has 0 unspecified atom stereocenters. The molecule has 32 heavy (non-hydrogen) atoms. The fourth-order valence-corrected chi connectivity index (χ4v) is 4.21. The van der Waals surface area contributed by atoms with Crippen LogP contribution in [0.5, 0.6) is 6.01 Å². The van der Waals surface area contributed by atoms with Crippen molar-refractivity contribution in [3.8, 4) is 27.8 Å². The summed E-state index contributed by atoms with van der Waals surface area (Å²) in [5, 5.41) is 10.9. The standard InChI is InChI=1S/C22H18FN7OS/c1-3-13-9-24-22(25-10-13)31-11-19-26-12(2)21(32-19)17-6-4-5-16(27-17)14-7-15(23)20-18(8-14)28-30-29-20/h4-10H,3,11H2,1-2H3,(H,28,29,30). The first-order valence-corrected chi connectivity index (χ1v) is 10.8. The monoisotopic (exact) mass is 447 g/mol. The summed E-state index contributed by atoms with van der Waals surface area (Å²) in [5.74, 6) is -0.443. The van der Waals surface area contributed by atoms with Crippen molar-refractivity contribution in [2.45, 2.75) is 26.9 Å². The van der Waals surface area contributed by atoms with E-state index in [-0.39, 0.29) is 12.1 Å². The summed E-state index contributed by atoms with van der Waals surface area (Å²) in [7, 11) is 0. The van der Waals surface area contributed by atoms with Crippen molar-refractivity contribution in [1.29, 1.82) is 0 Å². The number of rotatable bonds is 6. The van der Waals surface area contributed by atoms with E-state index < -0.39 is 5.82 Å². The van der Waals surface area contributed by atoms with Crippen molar-refractivity contribution in [2.24, 2.45) is 0 Å². The normalized spacial score (nSPS) is 11.2. The highest BCUT2D eigenvalue weighted by Crippen LogP contribution is 2.31. The zero-order chi connectivity index (χ0) is 22.1. The van der Waals surface area contributed by atoms with Gasteiger partial charge in [-0.25, -0.2) is 24.3 Å². The fourth-order valence-electron chi connectivity index (χ4n) is 3.26. The van der Waals surface area contributed by atoms with E-state index in [1.165, 1.54) is 17.4 Å². The number of nitrogens with one attached hydrogen (secondary N) is 1. The smallest absolute Gasteiger partial charge is 0.316 e. The van der Waals surface area contributed by atoms with Gasteiger partial charge in [0.25, 0.3) is 0 Å². The molecule has 0 saturated carbocycles. The molecule has 0 amide bonds. The quantitative estimate of drug-likeness (QED) is 0.408. The van der Waals surface area contributed by atoms with Gasteiger partial charge in [-0.3, -0.25) is 5.10 Å². The zero-order valence-electron chi connectivity index (χ0n) is 17.3. The molecule has 1 aromatic carbocycles. The molecule has 0 aliphatic heterocycles. The number of benzene rings is 1. The number of fused-ring (bicyclic) bond motifs is 1. The Morgan fingerprint density at radius 1 is 1.09 bits per heavy atom. The van der Waals surface area contributed by atoms with Gasteiger partial charge in [0, 0.05) is 18.0 Å². The molecular formula is C22H18FN7OS. The molecule has 0 fully saturated rings. The Morgan fingerprint density at radius 2 is 1.91 bits per heavy atom. The lowest BCUT2D eigenvalue weighted by Crippen LogP contribution is -1.99. The lowest BCUT2D eigenvalue weighted by Gasteiger charge is -2.05. The fraction of sp³-hybridized carbons (Fsp3) is 0.182. The highest BCUT2D eigenvalue weighted by atomic mass is 32.1. The maximum atomic E-state index is 14.3. The Labute approximate surface area is 186 Å². The molecule has 160 valence electrons. The van der Waals surface area contributed by atoms with Crippen molar-refractivity contribution in [3.63, 3.8) is 0 Å². The van der Waals surface area contributed by atoms with Gasteiger partial charge in [-0.2, -0.15) is 0 Å². The first-order valence-electron chi connectivity index (χ1n) is 9.99. The molecule has 4 heterocycles. The van der Waals surface area contributed by atoms with Crippen LogP contribution in [-0.2, 0) is 13.0 Å². The van der Waals surface area contributed by atoms with Gasteiger partial charge >= 0.3 is 6.01 Å². The van der Waals surface area contributed by atoms with Crippen LogP contribution in [0.25, 0.3) is 32.9 Å². The minimum absolute atomic E-state index is 0.209. The van der Waals surface area contributed by atoms with Crippen molar-refractivity contribution in [1.82, 2.24) is 35.3 Å². The maximum absolute atomic E-state index is 14.3. The summed E-state index contributed by atoms with van der Waals surface area (Å²) >= 11 is 1.50. The summed E-state index contributed by atoms with van der Waals surface area (Å²) in [6.45, 7) is 4.25. The zero-order valence-corrected chi connectivity index (χ0v) is 18.1. The number of aryl methyl sites for hydroxylation is 2. The lowest BCUT2D eigenvalue weighted by molar-refractivity contribution is 0.279. The Morgan fingerprint density at radius 3 is 2.72 bits per heavy atom. The van der Waals surface area contributed by atoms with Crippen LogP contribution in [0.1, 0.15) is 23.2 Å². The average Bonchev–Trinajstić information content (AvgIpc) is 3.45. The van der Waals surface area contributed by atoms with Crippen molar-refractivity contribution >= 4 is 22.4 Å². The van der Waals surface area contributed by atoms with Gasteiger partial charge in [-0.15, -0.1) is 16.4 Å². The van der Waals surface area contributed by atoms with E-state index >= 15 is 0 Å². The number of aromatic amines is 1. The summed E-state index contributed by atoms with van der Waals surface area (Å²) in [6, 6.07) is 9.16. The lowest BCUT2D eigenvalue weighted by atomic mass is 10.1. The third-order valence-corrected chi connectivity index (χ3v) is 6.07. The predicted octanol–water partition coefficient (Wildman–Crippen LogP) is 4.52. The summed E-state index contributed by atoms with van der Waals surface area (Å²) in [6.07, 6.45) is 4.40. The molecule has 0 saturated heterocycles. The number of H-pyrrole nitrogens is 1. The van der Waals surface area contributed by atoms with Gasteiger partial charge in [0.2, 0.25) is 0 Å². The van der Waals surface area contributed by atoms with E-state index in [1.54, 1.807) is 18.5 Å². The van der Waals surface area contributed by atoms with Crippen LogP contribution in [-0.4, -0.2) is 35.3 Å². The molecule has 0 atom stereocenters. The molecular weight excluding hydrogens is 429 g/mol. The van der Waals surface area contributed by atoms with Gasteiger partial charge in [-0.1, -0.05) is 18.2 Å². The molecule has 0 spiro atoms. The second kappa shape index (κ2) is 8.39. The molecule has 0 bridgehead atoms. The third-order valence-electron chi connectivity index (χ3n) is 4.92. The number of hydrogen-bond acceptors (Lipinski definition) is 8. The largest absolute Gasteiger partial charge is 0.456 e. The van der Waals surface area contributed by atoms with Crippen LogP contribution in [0.3, 0.4) is 0 Å². The molecule has 0 aliphatic rings. The van der Waals surface area contributed by atoms with Crippen LogP contribution in [0.4, 0.5) is 4.39 Å². The Bertz CT molecular complexity index is 1400. The number of hydrogen-bond donors (Lipinski definition) is 1. The second-order valence-corrected chi connectivity index (χ2v) is 8.20. The topological polar surface area (TPSA) is 102 Å². The molecule has 5 aromatic rings. The van der Waals surface area contributed by atoms with Crippen LogP contribution in [0.2, 0.25) is 0 Å². The molecule has 4 aromatic heterocycles. The van der Waals surface area contributed by atoms with E-state index in [0.29, 0.717) is 22.8 Å². The van der Waals surface area contributed by atoms with Crippen molar-refractivity contribution in [3.05, 3.63) is 64.8 Å². The third kappa shape index (κ3) is 3.92. The first kappa shape index (κ1) is 20.1. The highest BCUT2D eigenvalue weighted by molar-refractivity contribution is 7.15. The number of thiazole rings is 1. The minimum Gasteiger partial charge on any atom is -0.456 e. The number of nitrogens with zero attached hydrogens (tertiary/aromatic N) is 6. The number of ether oxygens (including phenoxy) is 1. The van der Waals surface area contributed by atoms with E-state index in [2.05, 4.69) is 30.4 Å². The van der Waals surface area contributed by atoms with Crippen LogP contribution < -0.4 is 4.74 Å². The predicted molar refractivity (Wildman–Crippen MR) is 119 cm³/mol. The molecule has 1 N–H and O–H groups in total. The van der Waals surface area contributed by atoms with E-state index in [0.717, 1.165) is 33.3 Å². The van der Waals surface area contributed by atoms with Gasteiger partial charge in [-0.05, 0) is 43.2 Å². The number of halogens is 1. The van der Waals surface area contributed by atoms with Crippen LogP contribution in [0.15, 0.2) is 42.7 Å². The molecule has 10 heteroatoms. The molecule has 5 rings (SSSR count). The number of pyridine rings is 1. The maximum Gasteiger partial charge on any atom is 0.316 e. The summed E-state index contributed by atoms with van der Waals surface area (Å²) in [4.78, 5) is 18.7. The Balaban J connectivity index is 1.39.